The van der Waals surface area contributed by atoms with Crippen LogP contribution >= 0.6 is 11.8 Å². The lowest BCUT2D eigenvalue weighted by Gasteiger charge is -2.06. The maximum Gasteiger partial charge on any atom is 0.288 e. The van der Waals surface area contributed by atoms with E-state index in [1.54, 1.807) is 24.3 Å². The van der Waals surface area contributed by atoms with Crippen molar-refractivity contribution in [1.82, 2.24) is 0 Å². The maximum atomic E-state index is 12.2. The molecule has 0 unspecified atom stereocenters. The minimum absolute atomic E-state index is 0.0396. The molecule has 2 rings (SSSR count). The highest BCUT2D eigenvalue weighted by Crippen LogP contribution is 2.26. The highest BCUT2D eigenvalue weighted by Gasteiger charge is 2.10. The number of carbonyl (C=O) groups excluding carboxylic acids is 1. The topological polar surface area (TPSA) is 52.9 Å². The quantitative estimate of drug-likeness (QED) is 0.497. The summed E-state index contributed by atoms with van der Waals surface area (Å²) in [4.78, 5) is 12.5. The Kier molecular flexibility index (Phi) is 5.89. The molecule has 6 heteroatoms. The minimum Gasteiger partial charge on any atom is -0.321 e. The summed E-state index contributed by atoms with van der Waals surface area (Å²) in [7, 11) is 0. The summed E-state index contributed by atoms with van der Waals surface area (Å²) in [5.74, 6) is -3.04. The van der Waals surface area contributed by atoms with E-state index < -0.39 is 11.7 Å². The molecule has 23 heavy (non-hydrogen) atoms. The van der Waals surface area contributed by atoms with E-state index in [9.17, 15) is 13.6 Å². The van der Waals surface area contributed by atoms with Crippen molar-refractivity contribution in [2.45, 2.75) is 10.7 Å². The van der Waals surface area contributed by atoms with E-state index in [1.807, 2.05) is 12.1 Å². The Morgan fingerprint density at radius 2 is 1.78 bits per heavy atom. The van der Waals surface area contributed by atoms with Crippen molar-refractivity contribution < 1.29 is 13.6 Å². The van der Waals surface area contributed by atoms with Crippen LogP contribution in [0.1, 0.15) is 5.56 Å². The van der Waals surface area contributed by atoms with Crippen LogP contribution in [0.3, 0.4) is 0 Å². The molecule has 0 fully saturated rings. The predicted octanol–water partition coefficient (Wildman–Crippen LogP) is 4.55. The van der Waals surface area contributed by atoms with Crippen molar-refractivity contribution in [3.05, 3.63) is 65.7 Å². The van der Waals surface area contributed by atoms with Gasteiger partial charge >= 0.3 is 0 Å². The van der Waals surface area contributed by atoms with Gasteiger partial charge in [-0.05, 0) is 35.9 Å². The number of nitriles is 1. The van der Waals surface area contributed by atoms with Crippen LogP contribution in [0, 0.1) is 11.3 Å². The first kappa shape index (κ1) is 16.7. The van der Waals surface area contributed by atoms with Gasteiger partial charge in [0, 0.05) is 10.6 Å². The van der Waals surface area contributed by atoms with Crippen molar-refractivity contribution in [3.63, 3.8) is 0 Å². The number of carbonyl (C=O) groups is 1. The molecule has 0 bridgehead atoms. The molecule has 0 aliphatic carbocycles. The van der Waals surface area contributed by atoms with Gasteiger partial charge in [-0.3, -0.25) is 4.79 Å². The fourth-order valence-electron chi connectivity index (χ4n) is 1.78. The molecule has 0 spiro atoms. The lowest BCUT2D eigenvalue weighted by atomic mass is 10.1. The van der Waals surface area contributed by atoms with Crippen LogP contribution in [0.2, 0.25) is 0 Å². The fraction of sp³-hybridized carbons (Fsp3) is 0.0588. The van der Waals surface area contributed by atoms with E-state index in [0.717, 1.165) is 5.56 Å². The van der Waals surface area contributed by atoms with Crippen LogP contribution < -0.4 is 5.32 Å². The van der Waals surface area contributed by atoms with Crippen LogP contribution in [0.4, 0.5) is 14.5 Å². The smallest absolute Gasteiger partial charge is 0.288 e. The van der Waals surface area contributed by atoms with Gasteiger partial charge in [0.15, 0.2) is 0 Å². The summed E-state index contributed by atoms with van der Waals surface area (Å²) in [6.45, 7) is 0. The number of alkyl halides is 2. The Morgan fingerprint density at radius 3 is 2.35 bits per heavy atom. The van der Waals surface area contributed by atoms with Crippen molar-refractivity contribution in [2.75, 3.05) is 5.32 Å². The van der Waals surface area contributed by atoms with Crippen molar-refractivity contribution in [1.29, 1.82) is 5.26 Å². The first-order valence-electron chi connectivity index (χ1n) is 6.61. The number of nitrogens with zero attached hydrogens (tertiary/aromatic N) is 1. The van der Waals surface area contributed by atoms with E-state index in [4.69, 9.17) is 5.26 Å². The lowest BCUT2D eigenvalue weighted by molar-refractivity contribution is -0.112. The molecule has 0 aromatic heterocycles. The van der Waals surface area contributed by atoms with E-state index in [2.05, 4.69) is 5.32 Å². The van der Waals surface area contributed by atoms with Crippen LogP contribution in [-0.4, -0.2) is 11.7 Å². The van der Waals surface area contributed by atoms with Crippen molar-refractivity contribution >= 4 is 29.4 Å². The Bertz CT molecular complexity index is 737. The molecule has 0 heterocycles. The van der Waals surface area contributed by atoms with E-state index in [-0.39, 0.29) is 5.57 Å². The molecule has 1 amide bonds. The highest BCUT2D eigenvalue weighted by molar-refractivity contribution is 7.99. The largest absolute Gasteiger partial charge is 0.321 e. The molecule has 0 saturated heterocycles. The molecule has 0 aliphatic rings. The third-order valence-electron chi connectivity index (χ3n) is 2.81. The molecule has 0 saturated carbocycles. The molecule has 2 aromatic carbocycles. The molecule has 0 radical (unpaired) electrons. The van der Waals surface area contributed by atoms with Crippen LogP contribution in [-0.2, 0) is 4.79 Å². The Labute approximate surface area is 136 Å². The van der Waals surface area contributed by atoms with Gasteiger partial charge in [0.2, 0.25) is 0 Å². The molecule has 0 aliphatic heterocycles. The Morgan fingerprint density at radius 1 is 1.13 bits per heavy atom. The van der Waals surface area contributed by atoms with Crippen LogP contribution in [0.25, 0.3) is 6.08 Å². The second kappa shape index (κ2) is 8.11. The van der Waals surface area contributed by atoms with E-state index >= 15 is 0 Å². The summed E-state index contributed by atoms with van der Waals surface area (Å²) in [6.07, 6.45) is 1.48. The van der Waals surface area contributed by atoms with Gasteiger partial charge in [0.05, 0.1) is 0 Å². The highest BCUT2D eigenvalue weighted by atomic mass is 32.2. The molecule has 2 aromatic rings. The summed E-state index contributed by atoms with van der Waals surface area (Å²) in [5, 5.41) is 11.7. The second-order valence-corrected chi connectivity index (χ2v) is 5.50. The lowest BCUT2D eigenvalue weighted by Crippen LogP contribution is -2.13. The average Bonchev–Trinajstić information content (AvgIpc) is 2.55. The zero-order chi connectivity index (χ0) is 16.7. The van der Waals surface area contributed by atoms with E-state index in [0.29, 0.717) is 22.3 Å². The molecular formula is C17H12F2N2OS. The van der Waals surface area contributed by atoms with Crippen molar-refractivity contribution in [2.24, 2.45) is 0 Å². The number of thioether (sulfide) groups is 1. The summed E-state index contributed by atoms with van der Waals surface area (Å²) >= 11 is 0.429. The third-order valence-corrected chi connectivity index (χ3v) is 3.54. The van der Waals surface area contributed by atoms with Gasteiger partial charge in [0.1, 0.15) is 11.6 Å². The first-order valence-corrected chi connectivity index (χ1v) is 7.49. The number of anilines is 1. The van der Waals surface area contributed by atoms with E-state index in [1.165, 1.54) is 30.3 Å². The van der Waals surface area contributed by atoms with Gasteiger partial charge in [-0.15, -0.1) is 0 Å². The number of amides is 1. The molecule has 1 N–H and O–H groups in total. The minimum atomic E-state index is -2.49. The fourth-order valence-corrected chi connectivity index (χ4v) is 2.28. The third kappa shape index (κ3) is 5.24. The number of hydrogen-bond donors (Lipinski definition) is 1. The van der Waals surface area contributed by atoms with Gasteiger partial charge in [-0.1, -0.05) is 42.1 Å². The summed E-state index contributed by atoms with van der Waals surface area (Å²) < 4.78 is 24.5. The molecule has 3 nitrogen and oxygen atoms in total. The number of benzene rings is 2. The zero-order valence-corrected chi connectivity index (χ0v) is 12.7. The second-order valence-electron chi connectivity index (χ2n) is 4.44. The van der Waals surface area contributed by atoms with Gasteiger partial charge in [0.25, 0.3) is 11.7 Å². The Balaban J connectivity index is 2.08. The first-order chi connectivity index (χ1) is 11.1. The van der Waals surface area contributed by atoms with Crippen LogP contribution in [0.15, 0.2) is 65.1 Å². The SMILES string of the molecule is N#C/C(=C\c1ccccc1)C(=O)Nc1ccc(SC(F)F)cc1. The monoisotopic (exact) mass is 330 g/mol. The summed E-state index contributed by atoms with van der Waals surface area (Å²) in [5.41, 5.74) is 1.13. The van der Waals surface area contributed by atoms with Crippen molar-refractivity contribution in [3.8, 4) is 6.07 Å². The Hall–Kier alpha value is -2.65. The van der Waals surface area contributed by atoms with Gasteiger partial charge in [-0.2, -0.15) is 14.0 Å². The summed E-state index contributed by atoms with van der Waals surface area (Å²) in [6, 6.07) is 16.9. The van der Waals surface area contributed by atoms with Gasteiger partial charge < -0.3 is 5.32 Å². The van der Waals surface area contributed by atoms with Crippen LogP contribution in [0.5, 0.6) is 0 Å². The molecule has 116 valence electrons. The number of hydrogen-bond acceptors (Lipinski definition) is 3. The maximum absolute atomic E-state index is 12.2. The molecular weight excluding hydrogens is 318 g/mol. The average molecular weight is 330 g/mol. The predicted molar refractivity (Wildman–Crippen MR) is 87.0 cm³/mol. The number of nitrogens with one attached hydrogen (secondary N) is 1. The normalized spacial score (nSPS) is 11.1. The number of halogens is 2. The number of rotatable bonds is 5. The molecule has 0 atom stereocenters. The van der Waals surface area contributed by atoms with Gasteiger partial charge in [-0.25, -0.2) is 0 Å². The zero-order valence-electron chi connectivity index (χ0n) is 11.9. The standard InChI is InChI=1S/C17H12F2N2OS/c18-17(19)23-15-8-6-14(7-9-15)21-16(22)13(11-20)10-12-4-2-1-3-5-12/h1-10,17H,(H,21,22)/b13-10+.